The fraction of sp³-hybridized carbons (Fsp3) is 0.118. The van der Waals surface area contributed by atoms with Crippen LogP contribution in [0.2, 0.25) is 5.02 Å². The number of carbonyl (C=O) groups excluding carboxylic acids is 1. The first-order chi connectivity index (χ1) is 11.5. The SMILES string of the molecule is CCn1nc(C(=O)Nc2ccc(F)c(Cl)c2)c(=O)c2ccccc21. The van der Waals surface area contributed by atoms with Crippen LogP contribution in [0.1, 0.15) is 17.4 Å². The lowest BCUT2D eigenvalue weighted by atomic mass is 10.2. The number of carbonyl (C=O) groups is 1. The summed E-state index contributed by atoms with van der Waals surface area (Å²) < 4.78 is 14.8. The van der Waals surface area contributed by atoms with Crippen LogP contribution in [0.25, 0.3) is 10.9 Å². The minimum atomic E-state index is -0.671. The highest BCUT2D eigenvalue weighted by molar-refractivity contribution is 6.31. The molecule has 1 N–H and O–H groups in total. The molecule has 0 saturated carbocycles. The Hall–Kier alpha value is -2.73. The maximum absolute atomic E-state index is 13.2. The summed E-state index contributed by atoms with van der Waals surface area (Å²) in [5, 5.41) is 6.95. The van der Waals surface area contributed by atoms with Crippen LogP contribution >= 0.6 is 11.6 Å². The maximum Gasteiger partial charge on any atom is 0.280 e. The van der Waals surface area contributed by atoms with Gasteiger partial charge in [0.2, 0.25) is 5.43 Å². The van der Waals surface area contributed by atoms with Crippen molar-refractivity contribution in [1.29, 1.82) is 0 Å². The van der Waals surface area contributed by atoms with Gasteiger partial charge in [0.25, 0.3) is 5.91 Å². The molecule has 0 fully saturated rings. The van der Waals surface area contributed by atoms with Crippen molar-refractivity contribution in [2.45, 2.75) is 13.5 Å². The molecule has 0 saturated heterocycles. The van der Waals surface area contributed by atoms with Crippen molar-refractivity contribution in [3.05, 3.63) is 69.2 Å². The first kappa shape index (κ1) is 16.1. The van der Waals surface area contributed by atoms with Crippen LogP contribution < -0.4 is 10.7 Å². The van der Waals surface area contributed by atoms with Gasteiger partial charge in [-0.25, -0.2) is 4.39 Å². The van der Waals surface area contributed by atoms with Crippen LogP contribution in [0.4, 0.5) is 10.1 Å². The minimum Gasteiger partial charge on any atom is -0.320 e. The lowest BCUT2D eigenvalue weighted by Gasteiger charge is -2.10. The van der Waals surface area contributed by atoms with E-state index in [4.69, 9.17) is 11.6 Å². The second kappa shape index (κ2) is 6.41. The number of hydrogen-bond acceptors (Lipinski definition) is 3. The molecule has 1 heterocycles. The van der Waals surface area contributed by atoms with Crippen LogP contribution in [0.5, 0.6) is 0 Å². The number of benzene rings is 2. The Balaban J connectivity index is 2.05. The molecule has 24 heavy (non-hydrogen) atoms. The number of halogens is 2. The molecule has 0 unspecified atom stereocenters. The first-order valence-corrected chi connectivity index (χ1v) is 7.65. The number of para-hydroxylation sites is 1. The van der Waals surface area contributed by atoms with E-state index in [-0.39, 0.29) is 16.4 Å². The van der Waals surface area contributed by atoms with Crippen LogP contribution in [0.15, 0.2) is 47.3 Å². The molecular weight excluding hydrogens is 333 g/mol. The third-order valence-corrected chi connectivity index (χ3v) is 3.84. The van der Waals surface area contributed by atoms with Crippen molar-refractivity contribution in [2.75, 3.05) is 5.32 Å². The zero-order valence-electron chi connectivity index (χ0n) is 12.7. The number of amides is 1. The van der Waals surface area contributed by atoms with E-state index in [2.05, 4.69) is 10.4 Å². The number of fused-ring (bicyclic) bond motifs is 1. The third-order valence-electron chi connectivity index (χ3n) is 3.55. The van der Waals surface area contributed by atoms with Crippen LogP contribution in [0.3, 0.4) is 0 Å². The van der Waals surface area contributed by atoms with Gasteiger partial charge in [0.05, 0.1) is 10.5 Å². The highest BCUT2D eigenvalue weighted by Crippen LogP contribution is 2.19. The number of aromatic nitrogens is 2. The van der Waals surface area contributed by atoms with E-state index in [1.807, 2.05) is 6.92 Å². The molecule has 0 bridgehead atoms. The summed E-state index contributed by atoms with van der Waals surface area (Å²) in [4.78, 5) is 24.9. The van der Waals surface area contributed by atoms with Crippen molar-refractivity contribution in [3.8, 4) is 0 Å². The number of nitrogens with zero attached hydrogens (tertiary/aromatic N) is 2. The van der Waals surface area contributed by atoms with Gasteiger partial charge >= 0.3 is 0 Å². The van der Waals surface area contributed by atoms with Gasteiger partial charge in [0.15, 0.2) is 5.69 Å². The summed E-state index contributed by atoms with van der Waals surface area (Å²) in [5.74, 6) is -1.26. The second-order valence-corrected chi connectivity index (χ2v) is 5.50. The van der Waals surface area contributed by atoms with Gasteiger partial charge < -0.3 is 5.32 Å². The Labute approximate surface area is 141 Å². The summed E-state index contributed by atoms with van der Waals surface area (Å²) in [6.45, 7) is 2.37. The van der Waals surface area contributed by atoms with E-state index in [1.54, 1.807) is 28.9 Å². The molecular formula is C17H13ClFN3O2. The Bertz CT molecular complexity index is 1000. The largest absolute Gasteiger partial charge is 0.320 e. The lowest BCUT2D eigenvalue weighted by molar-refractivity contribution is 0.101. The quantitative estimate of drug-likeness (QED) is 0.790. The van der Waals surface area contributed by atoms with E-state index < -0.39 is 17.2 Å². The highest BCUT2D eigenvalue weighted by atomic mass is 35.5. The van der Waals surface area contributed by atoms with Crippen molar-refractivity contribution in [2.24, 2.45) is 0 Å². The number of aryl methyl sites for hydroxylation is 1. The fourth-order valence-corrected chi connectivity index (χ4v) is 2.57. The van der Waals surface area contributed by atoms with Crippen LogP contribution in [-0.2, 0) is 6.54 Å². The number of nitrogens with one attached hydrogen (secondary N) is 1. The normalized spacial score (nSPS) is 10.8. The molecule has 3 rings (SSSR count). The number of anilines is 1. The number of rotatable bonds is 3. The van der Waals surface area contributed by atoms with Gasteiger partial charge in [-0.3, -0.25) is 14.3 Å². The summed E-state index contributed by atoms with van der Waals surface area (Å²) in [7, 11) is 0. The maximum atomic E-state index is 13.2. The molecule has 0 atom stereocenters. The Morgan fingerprint density at radius 3 is 2.75 bits per heavy atom. The minimum absolute atomic E-state index is 0.120. The smallest absolute Gasteiger partial charge is 0.280 e. The van der Waals surface area contributed by atoms with Crippen molar-refractivity contribution in [1.82, 2.24) is 9.78 Å². The molecule has 0 aliphatic rings. The summed E-state index contributed by atoms with van der Waals surface area (Å²) in [5.41, 5.74) is 0.257. The van der Waals surface area contributed by atoms with Crippen LogP contribution in [0, 0.1) is 5.82 Å². The number of hydrogen-bond donors (Lipinski definition) is 1. The fourth-order valence-electron chi connectivity index (χ4n) is 2.39. The van der Waals surface area contributed by atoms with Crippen molar-refractivity contribution < 1.29 is 9.18 Å². The first-order valence-electron chi connectivity index (χ1n) is 7.27. The monoisotopic (exact) mass is 345 g/mol. The molecule has 2 aromatic carbocycles. The van der Waals surface area contributed by atoms with Gasteiger partial charge in [0.1, 0.15) is 5.82 Å². The lowest BCUT2D eigenvalue weighted by Crippen LogP contribution is -2.27. The Kier molecular flexibility index (Phi) is 4.31. The average molecular weight is 346 g/mol. The van der Waals surface area contributed by atoms with Gasteiger partial charge in [-0.2, -0.15) is 5.10 Å². The topological polar surface area (TPSA) is 64.0 Å². The molecule has 0 aliphatic heterocycles. The van der Waals surface area contributed by atoms with Gasteiger partial charge in [0, 0.05) is 17.6 Å². The Morgan fingerprint density at radius 2 is 2.04 bits per heavy atom. The zero-order valence-corrected chi connectivity index (χ0v) is 13.5. The molecule has 1 aromatic heterocycles. The van der Waals surface area contributed by atoms with Crippen LogP contribution in [-0.4, -0.2) is 15.7 Å². The molecule has 0 radical (unpaired) electrons. The van der Waals surface area contributed by atoms with Gasteiger partial charge in [-0.15, -0.1) is 0 Å². The van der Waals surface area contributed by atoms with Gasteiger partial charge in [-0.05, 0) is 37.3 Å². The molecule has 122 valence electrons. The molecule has 0 spiro atoms. The standard InChI is InChI=1S/C17H13ClFN3O2/c1-2-22-14-6-4-3-5-11(14)16(23)15(21-22)17(24)20-10-7-8-13(19)12(18)9-10/h3-9H,2H2,1H3,(H,20,24). The molecule has 3 aromatic rings. The molecule has 1 amide bonds. The highest BCUT2D eigenvalue weighted by Gasteiger charge is 2.17. The van der Waals surface area contributed by atoms with E-state index in [0.717, 1.165) is 6.07 Å². The van der Waals surface area contributed by atoms with E-state index in [1.165, 1.54) is 12.1 Å². The Morgan fingerprint density at radius 1 is 1.29 bits per heavy atom. The van der Waals surface area contributed by atoms with E-state index in [0.29, 0.717) is 17.4 Å². The molecule has 7 heteroatoms. The predicted octanol–water partition coefficient (Wildman–Crippen LogP) is 3.46. The third kappa shape index (κ3) is 2.88. The second-order valence-electron chi connectivity index (χ2n) is 5.09. The van der Waals surface area contributed by atoms with E-state index >= 15 is 0 Å². The molecule has 0 aliphatic carbocycles. The van der Waals surface area contributed by atoms with E-state index in [9.17, 15) is 14.0 Å². The van der Waals surface area contributed by atoms with Gasteiger partial charge in [-0.1, -0.05) is 23.7 Å². The average Bonchev–Trinajstić information content (AvgIpc) is 2.58. The predicted molar refractivity (Wildman–Crippen MR) is 91.0 cm³/mol. The van der Waals surface area contributed by atoms with Crippen molar-refractivity contribution >= 4 is 34.1 Å². The summed E-state index contributed by atoms with van der Waals surface area (Å²) in [6.07, 6.45) is 0. The summed E-state index contributed by atoms with van der Waals surface area (Å²) in [6, 6.07) is 10.7. The summed E-state index contributed by atoms with van der Waals surface area (Å²) >= 11 is 5.69. The zero-order chi connectivity index (χ0) is 17.3. The van der Waals surface area contributed by atoms with Crippen molar-refractivity contribution in [3.63, 3.8) is 0 Å². The molecule has 5 nitrogen and oxygen atoms in total.